The maximum atomic E-state index is 11.6. The van der Waals surface area contributed by atoms with E-state index < -0.39 is 9.84 Å². The van der Waals surface area contributed by atoms with E-state index in [1.165, 1.54) is 12.3 Å². The predicted octanol–water partition coefficient (Wildman–Crippen LogP) is 2.25. The Kier molecular flexibility index (Phi) is 3.88. The lowest BCUT2D eigenvalue weighted by Gasteiger charge is -2.25. The lowest BCUT2D eigenvalue weighted by Crippen LogP contribution is -2.34. The first kappa shape index (κ1) is 15.0. The van der Waals surface area contributed by atoms with Gasteiger partial charge in [0.2, 0.25) is 5.89 Å². The molecule has 110 valence electrons. The third kappa shape index (κ3) is 2.45. The summed E-state index contributed by atoms with van der Waals surface area (Å²) in [7, 11) is -3.24. The highest BCUT2D eigenvalue weighted by atomic mass is 32.2. The van der Waals surface area contributed by atoms with Gasteiger partial charge in [-0.25, -0.2) is 13.4 Å². The molecule has 1 aromatic carbocycles. The van der Waals surface area contributed by atoms with Crippen molar-refractivity contribution in [3.05, 3.63) is 24.1 Å². The lowest BCUT2D eigenvalue weighted by atomic mass is 9.82. The van der Waals surface area contributed by atoms with Gasteiger partial charge >= 0.3 is 0 Å². The zero-order chi connectivity index (χ0) is 15.0. The molecule has 1 aromatic heterocycles. The highest BCUT2D eigenvalue weighted by molar-refractivity contribution is 7.90. The van der Waals surface area contributed by atoms with Crippen LogP contribution in [0.3, 0.4) is 0 Å². The number of nitrogens with zero attached hydrogens (tertiary/aromatic N) is 1. The number of hydrogen-bond acceptors (Lipinski definition) is 5. The largest absolute Gasteiger partial charge is 0.440 e. The Balaban J connectivity index is 2.59. The fourth-order valence-corrected chi connectivity index (χ4v) is 2.93. The van der Waals surface area contributed by atoms with Gasteiger partial charge in [-0.05, 0) is 31.0 Å². The molecule has 0 fully saturated rings. The second-order valence-corrected chi connectivity index (χ2v) is 7.13. The number of nitrogens with two attached hydrogens (primary N) is 1. The molecular formula is C14H20N2O3S. The molecule has 20 heavy (non-hydrogen) atoms. The molecule has 0 aliphatic rings. The number of sulfone groups is 1. The van der Waals surface area contributed by atoms with Crippen LogP contribution in [0.5, 0.6) is 0 Å². The Hall–Kier alpha value is -1.40. The van der Waals surface area contributed by atoms with E-state index >= 15 is 0 Å². The van der Waals surface area contributed by atoms with Gasteiger partial charge < -0.3 is 10.2 Å². The SMILES string of the molecule is CCC(CC)(CN)c1nc2cc(S(C)(=O)=O)ccc2o1. The Morgan fingerprint density at radius 2 is 1.95 bits per heavy atom. The number of aromatic nitrogens is 1. The summed E-state index contributed by atoms with van der Waals surface area (Å²) in [6.45, 7) is 4.55. The Morgan fingerprint density at radius 1 is 1.30 bits per heavy atom. The van der Waals surface area contributed by atoms with Crippen molar-refractivity contribution in [1.29, 1.82) is 0 Å². The molecule has 0 unspecified atom stereocenters. The van der Waals surface area contributed by atoms with E-state index in [-0.39, 0.29) is 10.3 Å². The second kappa shape index (κ2) is 5.18. The third-order valence-corrected chi connectivity index (χ3v) is 5.10. The van der Waals surface area contributed by atoms with E-state index in [4.69, 9.17) is 10.2 Å². The van der Waals surface area contributed by atoms with Crippen LogP contribution in [0, 0.1) is 0 Å². The second-order valence-electron chi connectivity index (χ2n) is 5.11. The zero-order valence-electron chi connectivity index (χ0n) is 12.0. The summed E-state index contributed by atoms with van der Waals surface area (Å²) in [6, 6.07) is 4.73. The minimum absolute atomic E-state index is 0.246. The minimum Gasteiger partial charge on any atom is -0.440 e. The maximum absolute atomic E-state index is 11.6. The summed E-state index contributed by atoms with van der Waals surface area (Å²) < 4.78 is 28.9. The lowest BCUT2D eigenvalue weighted by molar-refractivity contribution is 0.316. The minimum atomic E-state index is -3.24. The van der Waals surface area contributed by atoms with Crippen LogP contribution in [-0.4, -0.2) is 26.2 Å². The summed E-state index contributed by atoms with van der Waals surface area (Å²) in [5, 5.41) is 0. The highest BCUT2D eigenvalue weighted by Gasteiger charge is 2.32. The number of fused-ring (bicyclic) bond motifs is 1. The number of oxazole rings is 1. The van der Waals surface area contributed by atoms with Gasteiger partial charge in [-0.1, -0.05) is 13.8 Å². The summed E-state index contributed by atoms with van der Waals surface area (Å²) in [5.41, 5.74) is 6.75. The van der Waals surface area contributed by atoms with Crippen molar-refractivity contribution >= 4 is 20.9 Å². The number of benzene rings is 1. The van der Waals surface area contributed by atoms with E-state index in [1.807, 2.05) is 13.8 Å². The molecule has 0 atom stereocenters. The predicted molar refractivity (Wildman–Crippen MR) is 78.4 cm³/mol. The third-order valence-electron chi connectivity index (χ3n) is 3.99. The van der Waals surface area contributed by atoms with E-state index in [1.54, 1.807) is 12.1 Å². The van der Waals surface area contributed by atoms with Crippen molar-refractivity contribution in [3.63, 3.8) is 0 Å². The van der Waals surface area contributed by atoms with Crippen LogP contribution in [0.25, 0.3) is 11.1 Å². The first-order valence-electron chi connectivity index (χ1n) is 6.67. The van der Waals surface area contributed by atoms with Gasteiger partial charge in [0.25, 0.3) is 0 Å². The van der Waals surface area contributed by atoms with Crippen LogP contribution in [-0.2, 0) is 15.3 Å². The molecule has 6 heteroatoms. The fourth-order valence-electron chi connectivity index (χ4n) is 2.29. The van der Waals surface area contributed by atoms with E-state index in [2.05, 4.69) is 4.98 Å². The summed E-state index contributed by atoms with van der Waals surface area (Å²) in [4.78, 5) is 4.71. The Morgan fingerprint density at radius 3 is 2.45 bits per heavy atom. The monoisotopic (exact) mass is 296 g/mol. The summed E-state index contributed by atoms with van der Waals surface area (Å²) in [5.74, 6) is 0.589. The van der Waals surface area contributed by atoms with Gasteiger partial charge in [0.05, 0.1) is 10.3 Å². The van der Waals surface area contributed by atoms with E-state index in [0.29, 0.717) is 23.5 Å². The molecule has 0 aliphatic carbocycles. The van der Waals surface area contributed by atoms with Gasteiger partial charge in [0, 0.05) is 12.8 Å². The molecule has 0 radical (unpaired) electrons. The molecule has 5 nitrogen and oxygen atoms in total. The van der Waals surface area contributed by atoms with Crippen LogP contribution >= 0.6 is 0 Å². The van der Waals surface area contributed by atoms with Crippen LogP contribution in [0.15, 0.2) is 27.5 Å². The molecule has 0 aliphatic heterocycles. The molecular weight excluding hydrogens is 276 g/mol. The van der Waals surface area contributed by atoms with Crippen molar-refractivity contribution in [2.24, 2.45) is 5.73 Å². The molecule has 0 saturated carbocycles. The zero-order valence-corrected chi connectivity index (χ0v) is 12.8. The average molecular weight is 296 g/mol. The first-order valence-corrected chi connectivity index (χ1v) is 8.56. The molecule has 0 saturated heterocycles. The highest BCUT2D eigenvalue weighted by Crippen LogP contribution is 2.32. The molecule has 2 rings (SSSR count). The summed E-state index contributed by atoms with van der Waals surface area (Å²) in [6.07, 6.45) is 2.83. The molecule has 1 heterocycles. The van der Waals surface area contributed by atoms with Crippen LogP contribution in [0.1, 0.15) is 32.6 Å². The van der Waals surface area contributed by atoms with Gasteiger partial charge in [0.15, 0.2) is 15.4 Å². The van der Waals surface area contributed by atoms with Crippen molar-refractivity contribution in [3.8, 4) is 0 Å². The average Bonchev–Trinajstić information content (AvgIpc) is 2.83. The van der Waals surface area contributed by atoms with Crippen LogP contribution < -0.4 is 5.73 Å². The summed E-state index contributed by atoms with van der Waals surface area (Å²) >= 11 is 0. The Labute approximate surface area is 119 Å². The number of hydrogen-bond donors (Lipinski definition) is 1. The Bertz CT molecular complexity index is 707. The standard InChI is InChI=1S/C14H20N2O3S/c1-4-14(5-2,9-15)13-16-11-8-10(20(3,17)18)6-7-12(11)19-13/h6-8H,4-5,9,15H2,1-3H3. The van der Waals surface area contributed by atoms with E-state index in [9.17, 15) is 8.42 Å². The molecule has 0 spiro atoms. The smallest absolute Gasteiger partial charge is 0.202 e. The van der Waals surface area contributed by atoms with Crippen molar-refractivity contribution in [2.75, 3.05) is 12.8 Å². The quantitative estimate of drug-likeness (QED) is 0.914. The van der Waals surface area contributed by atoms with Gasteiger partial charge in [-0.2, -0.15) is 0 Å². The number of rotatable bonds is 5. The molecule has 0 amide bonds. The van der Waals surface area contributed by atoms with Crippen LogP contribution in [0.2, 0.25) is 0 Å². The van der Waals surface area contributed by atoms with Gasteiger partial charge in [-0.15, -0.1) is 0 Å². The van der Waals surface area contributed by atoms with E-state index in [0.717, 1.165) is 12.8 Å². The molecule has 2 aromatic rings. The van der Waals surface area contributed by atoms with Crippen molar-refractivity contribution < 1.29 is 12.8 Å². The molecule has 0 bridgehead atoms. The van der Waals surface area contributed by atoms with Gasteiger partial charge in [0.1, 0.15) is 5.52 Å². The van der Waals surface area contributed by atoms with Crippen molar-refractivity contribution in [1.82, 2.24) is 4.98 Å². The van der Waals surface area contributed by atoms with Crippen LogP contribution in [0.4, 0.5) is 0 Å². The fraction of sp³-hybridized carbons (Fsp3) is 0.500. The first-order chi connectivity index (χ1) is 9.36. The normalized spacial score (nSPS) is 13.0. The van der Waals surface area contributed by atoms with Crippen molar-refractivity contribution in [2.45, 2.75) is 37.0 Å². The maximum Gasteiger partial charge on any atom is 0.202 e. The molecule has 2 N–H and O–H groups in total. The topological polar surface area (TPSA) is 86.2 Å². The van der Waals surface area contributed by atoms with Gasteiger partial charge in [-0.3, -0.25) is 0 Å².